The van der Waals surface area contributed by atoms with Gasteiger partial charge < -0.3 is 15.5 Å². The topological polar surface area (TPSA) is 27.3 Å². The second-order valence-corrected chi connectivity index (χ2v) is 4.39. The quantitative estimate of drug-likeness (QED) is 0.663. The third-order valence-corrected chi connectivity index (χ3v) is 2.98. The van der Waals surface area contributed by atoms with Crippen LogP contribution in [0.25, 0.3) is 0 Å². The number of anilines is 5. The Kier molecular flexibility index (Phi) is 2.18. The lowest BCUT2D eigenvalue weighted by molar-refractivity contribution is 1.13. The average molecular weight is 225 g/mol. The van der Waals surface area contributed by atoms with E-state index in [0.717, 1.165) is 22.7 Å². The minimum atomic E-state index is 1.12. The summed E-state index contributed by atoms with van der Waals surface area (Å²) in [6.07, 6.45) is 0. The van der Waals surface area contributed by atoms with Crippen LogP contribution in [0.2, 0.25) is 0 Å². The molecule has 0 amide bonds. The Morgan fingerprint density at radius 1 is 0.765 bits per heavy atom. The molecule has 0 aromatic heterocycles. The largest absolute Gasteiger partial charge is 0.376 e. The fourth-order valence-electron chi connectivity index (χ4n) is 2.13. The van der Waals surface area contributed by atoms with Crippen LogP contribution in [0.3, 0.4) is 0 Å². The van der Waals surface area contributed by atoms with Gasteiger partial charge >= 0.3 is 0 Å². The van der Waals surface area contributed by atoms with Crippen LogP contribution in [-0.2, 0) is 0 Å². The predicted molar refractivity (Wildman–Crippen MR) is 73.8 cm³/mol. The molecule has 2 N–H and O–H groups in total. The normalized spacial score (nSPS) is 11.9. The van der Waals surface area contributed by atoms with Crippen molar-refractivity contribution in [1.82, 2.24) is 0 Å². The van der Waals surface area contributed by atoms with Crippen LogP contribution in [0.1, 0.15) is 0 Å². The monoisotopic (exact) mass is 225 g/mol. The van der Waals surface area contributed by atoms with Crippen molar-refractivity contribution in [2.45, 2.75) is 0 Å². The van der Waals surface area contributed by atoms with E-state index in [-0.39, 0.29) is 0 Å². The van der Waals surface area contributed by atoms with E-state index in [4.69, 9.17) is 0 Å². The van der Waals surface area contributed by atoms with Gasteiger partial charge in [0, 0.05) is 14.1 Å². The Labute approximate surface area is 101 Å². The van der Waals surface area contributed by atoms with Gasteiger partial charge in [0.2, 0.25) is 0 Å². The number of nitrogens with one attached hydrogen (secondary N) is 2. The third-order valence-electron chi connectivity index (χ3n) is 2.98. The highest BCUT2D eigenvalue weighted by Gasteiger charge is 2.16. The zero-order chi connectivity index (χ0) is 11.8. The van der Waals surface area contributed by atoms with E-state index in [1.807, 2.05) is 12.1 Å². The molecule has 3 rings (SSSR count). The first-order valence-corrected chi connectivity index (χ1v) is 5.69. The molecular formula is C14H15N3. The lowest BCUT2D eigenvalue weighted by atomic mass is 10.1. The molecule has 3 nitrogen and oxygen atoms in total. The fraction of sp³-hybridized carbons (Fsp3) is 0.143. The van der Waals surface area contributed by atoms with Crippen molar-refractivity contribution in [2.24, 2.45) is 0 Å². The summed E-state index contributed by atoms with van der Waals surface area (Å²) < 4.78 is 0. The lowest BCUT2D eigenvalue weighted by Crippen LogP contribution is -2.14. The average Bonchev–Trinajstić information content (AvgIpc) is 2.35. The number of para-hydroxylation sites is 3. The van der Waals surface area contributed by atoms with Crippen molar-refractivity contribution in [1.29, 1.82) is 0 Å². The van der Waals surface area contributed by atoms with E-state index in [0.29, 0.717) is 0 Å². The molecule has 17 heavy (non-hydrogen) atoms. The number of rotatable bonds is 1. The van der Waals surface area contributed by atoms with Gasteiger partial charge in [-0.05, 0) is 24.3 Å². The van der Waals surface area contributed by atoms with Gasteiger partial charge in [0.1, 0.15) is 0 Å². The van der Waals surface area contributed by atoms with Crippen LogP contribution >= 0.6 is 0 Å². The fourth-order valence-corrected chi connectivity index (χ4v) is 2.13. The molecule has 2 aromatic rings. The Balaban J connectivity index is 2.12. The highest BCUT2D eigenvalue weighted by molar-refractivity contribution is 5.96. The Morgan fingerprint density at radius 3 is 2.12 bits per heavy atom. The maximum atomic E-state index is 3.49. The van der Waals surface area contributed by atoms with Gasteiger partial charge in [-0.25, -0.2) is 0 Å². The molecule has 0 bridgehead atoms. The highest BCUT2D eigenvalue weighted by atomic mass is 15.1. The molecule has 86 valence electrons. The van der Waals surface area contributed by atoms with E-state index in [1.165, 1.54) is 5.69 Å². The van der Waals surface area contributed by atoms with Crippen LogP contribution in [0.5, 0.6) is 0 Å². The second kappa shape index (κ2) is 3.70. The first-order chi connectivity index (χ1) is 8.25. The maximum absolute atomic E-state index is 3.49. The summed E-state index contributed by atoms with van der Waals surface area (Å²) in [4.78, 5) is 2.11. The van der Waals surface area contributed by atoms with E-state index in [1.54, 1.807) is 0 Å². The molecule has 1 aliphatic rings. The number of hydrogen-bond acceptors (Lipinski definition) is 3. The van der Waals surface area contributed by atoms with E-state index >= 15 is 0 Å². The summed E-state index contributed by atoms with van der Waals surface area (Å²) in [6.45, 7) is 0. The van der Waals surface area contributed by atoms with Crippen LogP contribution < -0.4 is 15.5 Å². The first-order valence-electron chi connectivity index (χ1n) is 5.69. The van der Waals surface area contributed by atoms with Crippen molar-refractivity contribution in [3.63, 3.8) is 0 Å². The molecule has 0 radical (unpaired) electrons. The molecule has 0 fully saturated rings. The van der Waals surface area contributed by atoms with Crippen LogP contribution in [-0.4, -0.2) is 14.1 Å². The van der Waals surface area contributed by atoms with Crippen molar-refractivity contribution in [3.8, 4) is 0 Å². The minimum Gasteiger partial charge on any atom is -0.376 e. The summed E-state index contributed by atoms with van der Waals surface area (Å²) in [5, 5.41) is 6.93. The minimum absolute atomic E-state index is 1.12. The molecule has 0 unspecified atom stereocenters. The van der Waals surface area contributed by atoms with Crippen molar-refractivity contribution in [3.05, 3.63) is 42.5 Å². The SMILES string of the molecule is CN(C)c1cccc2c1Nc1ccccc1N2. The molecule has 0 aliphatic carbocycles. The number of fused-ring (bicyclic) bond motifs is 2. The second-order valence-electron chi connectivity index (χ2n) is 4.39. The third kappa shape index (κ3) is 1.60. The van der Waals surface area contributed by atoms with Gasteiger partial charge in [0.15, 0.2) is 0 Å². The van der Waals surface area contributed by atoms with Gasteiger partial charge in [-0.2, -0.15) is 0 Å². The Bertz CT molecular complexity index is 561. The van der Waals surface area contributed by atoms with Gasteiger partial charge in [-0.15, -0.1) is 0 Å². The Hall–Kier alpha value is -2.16. The number of benzene rings is 2. The lowest BCUT2D eigenvalue weighted by Gasteiger charge is -2.27. The predicted octanol–water partition coefficient (Wildman–Crippen LogP) is 3.55. The first kappa shape index (κ1) is 10.0. The molecule has 1 aliphatic heterocycles. The van der Waals surface area contributed by atoms with E-state index in [9.17, 15) is 0 Å². The van der Waals surface area contributed by atoms with Crippen molar-refractivity contribution >= 4 is 28.4 Å². The number of hydrogen-bond donors (Lipinski definition) is 2. The van der Waals surface area contributed by atoms with Crippen LogP contribution in [0.15, 0.2) is 42.5 Å². The molecule has 1 heterocycles. The molecule has 3 heteroatoms. The van der Waals surface area contributed by atoms with Crippen molar-refractivity contribution < 1.29 is 0 Å². The van der Waals surface area contributed by atoms with Gasteiger partial charge in [0.25, 0.3) is 0 Å². The summed E-state index contributed by atoms with van der Waals surface area (Å²) in [5.41, 5.74) is 5.68. The summed E-state index contributed by atoms with van der Waals surface area (Å²) >= 11 is 0. The molecule has 0 atom stereocenters. The van der Waals surface area contributed by atoms with Crippen LogP contribution in [0.4, 0.5) is 28.4 Å². The standard InChI is InChI=1S/C14H15N3/c1-17(2)13-9-5-8-12-14(13)16-11-7-4-3-6-10(11)15-12/h3-9,15-16H,1-2H3. The smallest absolute Gasteiger partial charge is 0.0861 e. The summed E-state index contributed by atoms with van der Waals surface area (Å²) in [7, 11) is 4.11. The molecule has 2 aromatic carbocycles. The zero-order valence-corrected chi connectivity index (χ0v) is 9.99. The summed E-state index contributed by atoms with van der Waals surface area (Å²) in [5.74, 6) is 0. The van der Waals surface area contributed by atoms with Gasteiger partial charge in [0.05, 0.1) is 28.4 Å². The highest BCUT2D eigenvalue weighted by Crippen LogP contribution is 2.42. The van der Waals surface area contributed by atoms with Crippen LogP contribution in [0, 0.1) is 0 Å². The van der Waals surface area contributed by atoms with E-state index < -0.39 is 0 Å². The van der Waals surface area contributed by atoms with Gasteiger partial charge in [-0.3, -0.25) is 0 Å². The number of nitrogens with zero attached hydrogens (tertiary/aromatic N) is 1. The Morgan fingerprint density at radius 2 is 1.41 bits per heavy atom. The summed E-state index contributed by atoms with van der Waals surface area (Å²) in [6, 6.07) is 14.5. The van der Waals surface area contributed by atoms with Gasteiger partial charge in [-0.1, -0.05) is 18.2 Å². The van der Waals surface area contributed by atoms with Crippen molar-refractivity contribution in [2.75, 3.05) is 29.6 Å². The molecule has 0 saturated heterocycles. The molecule has 0 spiro atoms. The molecule has 0 saturated carbocycles. The van der Waals surface area contributed by atoms with E-state index in [2.05, 4.69) is 60.0 Å². The maximum Gasteiger partial charge on any atom is 0.0861 e. The molecular weight excluding hydrogens is 210 g/mol. The zero-order valence-electron chi connectivity index (χ0n) is 9.99.